The number of hydrogen-bond donors (Lipinski definition) is 0. The molecule has 0 saturated carbocycles. The van der Waals surface area contributed by atoms with Crippen LogP contribution in [0.2, 0.25) is 3.93 Å². The van der Waals surface area contributed by atoms with E-state index >= 15 is 0 Å². The zero-order valence-electron chi connectivity index (χ0n) is 3.36. The summed E-state index contributed by atoms with van der Waals surface area (Å²) < 4.78 is 0.738. The van der Waals surface area contributed by atoms with Crippen molar-refractivity contribution < 1.29 is 0 Å². The fourth-order valence-corrected chi connectivity index (χ4v) is 0. The van der Waals surface area contributed by atoms with Gasteiger partial charge in [0.15, 0.2) is 0 Å². The summed E-state index contributed by atoms with van der Waals surface area (Å²) in [6, 6.07) is 0. The van der Waals surface area contributed by atoms with E-state index in [0.717, 1.165) is 3.93 Å². The van der Waals surface area contributed by atoms with Crippen LogP contribution < -0.4 is 0 Å². The second-order valence-electron chi connectivity index (χ2n) is 1.02. The molecule has 1 unspecified atom stereocenters. The fraction of sp³-hybridized carbons (Fsp3) is 0.500. The summed E-state index contributed by atoms with van der Waals surface area (Å²) >= 11 is 1.55. The second kappa shape index (κ2) is 2.76. The average Bonchev–Trinajstić information content (AvgIpc) is 1.38. The van der Waals surface area contributed by atoms with Crippen LogP contribution in [0.5, 0.6) is 0 Å². The fourth-order valence-electron chi connectivity index (χ4n) is 0. The third kappa shape index (κ3) is 4.54. The summed E-state index contributed by atoms with van der Waals surface area (Å²) in [5.41, 5.74) is 0. The Morgan fingerprint density at radius 1 is 2.00 bits per heavy atom. The zero-order chi connectivity index (χ0) is 4.28. The van der Waals surface area contributed by atoms with Crippen molar-refractivity contribution in [2.75, 3.05) is 0 Å². The number of hydrogen-bond acceptors (Lipinski definition) is 0. The van der Waals surface area contributed by atoms with Crippen LogP contribution in [0, 0.1) is 0 Å². The van der Waals surface area contributed by atoms with Gasteiger partial charge in [0.05, 0.1) is 0 Å². The zero-order valence-corrected chi connectivity index (χ0v) is 6.22. The molecule has 24 valence electrons. The van der Waals surface area contributed by atoms with Crippen molar-refractivity contribution in [1.29, 1.82) is 0 Å². The van der Waals surface area contributed by atoms with Gasteiger partial charge < -0.3 is 0 Å². The van der Waals surface area contributed by atoms with Crippen molar-refractivity contribution in [2.45, 2.75) is 10.9 Å². The molecule has 0 saturated heterocycles. The van der Waals surface area contributed by atoms with Crippen LogP contribution in [0.4, 0.5) is 0 Å². The second-order valence-corrected chi connectivity index (χ2v) is 3.62. The van der Waals surface area contributed by atoms with E-state index in [4.69, 9.17) is 0 Å². The normalized spacial score (nSPS) is 14.2. The third-order valence-corrected chi connectivity index (χ3v) is 1.03. The molecule has 0 aromatic rings. The monoisotopic (exact) mass is 175 g/mol. The molecule has 0 bridgehead atoms. The topological polar surface area (TPSA) is 0 Å². The molecule has 0 radical (unpaired) electrons. The molecule has 0 heterocycles. The first-order chi connectivity index (χ1) is 2.27. The summed E-state index contributed by atoms with van der Waals surface area (Å²) in [7, 11) is 0. The van der Waals surface area contributed by atoms with Crippen molar-refractivity contribution in [2.24, 2.45) is 0 Å². The summed E-state index contributed by atoms with van der Waals surface area (Å²) in [6.07, 6.45) is 1.96. The molecule has 0 aliphatic carbocycles. The Labute approximate surface area is 46.4 Å². The van der Waals surface area contributed by atoms with Crippen LogP contribution in [-0.2, 0) is 0 Å². The van der Waals surface area contributed by atoms with Crippen LogP contribution in [-0.4, -0.2) is 22.5 Å². The molecule has 1 heteroatoms. The first-order valence-corrected chi connectivity index (χ1v) is 3.26. The van der Waals surface area contributed by atoms with Gasteiger partial charge in [0.1, 0.15) is 0 Å². The Bertz CT molecular complexity index is 30.6. The number of allylic oxidation sites excluding steroid dienone is 1. The van der Waals surface area contributed by atoms with Crippen molar-refractivity contribution in [3.63, 3.8) is 0 Å². The molecule has 0 rings (SSSR count). The Hall–Kier alpha value is 0.539. The minimum absolute atomic E-state index is 0.738. The van der Waals surface area contributed by atoms with E-state index in [0.29, 0.717) is 0 Å². The van der Waals surface area contributed by atoms with E-state index in [-0.39, 0.29) is 0 Å². The Balaban J connectivity index is 2.83. The summed E-state index contributed by atoms with van der Waals surface area (Å²) in [5.74, 6) is 0. The van der Waals surface area contributed by atoms with Crippen molar-refractivity contribution >= 4 is 22.5 Å². The molecule has 0 nitrogen and oxygen atoms in total. The predicted octanol–water partition coefficient (Wildman–Crippen LogP) is 1.15. The molecule has 0 aliphatic heterocycles. The van der Waals surface area contributed by atoms with E-state index in [1.54, 1.807) is 22.5 Å². The van der Waals surface area contributed by atoms with E-state index in [9.17, 15) is 0 Å². The van der Waals surface area contributed by atoms with Gasteiger partial charge in [-0.15, -0.1) is 0 Å². The van der Waals surface area contributed by atoms with Gasteiger partial charge in [-0.1, -0.05) is 0 Å². The Morgan fingerprint density at radius 2 is 2.20 bits per heavy atom. The van der Waals surface area contributed by atoms with E-state index < -0.39 is 0 Å². The van der Waals surface area contributed by atoms with Gasteiger partial charge in [0, 0.05) is 0 Å². The molecule has 0 amide bonds. The van der Waals surface area contributed by atoms with Crippen molar-refractivity contribution in [3.05, 3.63) is 12.7 Å². The van der Waals surface area contributed by atoms with Crippen molar-refractivity contribution in [3.8, 4) is 0 Å². The Kier molecular flexibility index (Phi) is 3.06. The summed E-state index contributed by atoms with van der Waals surface area (Å²) in [5, 5.41) is 0. The molecule has 0 aromatic carbocycles. The standard InChI is InChI=1S/C4H7.Sn/c1-3-4-2;/h3-4H,1H2,2H3;/q;+3. The SMILES string of the molecule is C=C[CH](C)[Sn+3]. The summed E-state index contributed by atoms with van der Waals surface area (Å²) in [4.78, 5) is 0. The molecular weight excluding hydrogens is 167 g/mol. The van der Waals surface area contributed by atoms with Crippen LogP contribution in [0.25, 0.3) is 0 Å². The molecule has 0 aromatic heterocycles. The summed E-state index contributed by atoms with van der Waals surface area (Å²) in [6.45, 7) is 5.73. The third-order valence-electron chi connectivity index (χ3n) is 0.354. The predicted molar refractivity (Wildman–Crippen MR) is 25.4 cm³/mol. The van der Waals surface area contributed by atoms with Gasteiger partial charge in [0.2, 0.25) is 0 Å². The van der Waals surface area contributed by atoms with Crippen LogP contribution in [0.15, 0.2) is 12.7 Å². The number of rotatable bonds is 1. The van der Waals surface area contributed by atoms with E-state index in [1.165, 1.54) is 0 Å². The molecule has 1 atom stereocenters. The quantitative estimate of drug-likeness (QED) is 0.413. The van der Waals surface area contributed by atoms with E-state index in [2.05, 4.69) is 13.5 Å². The van der Waals surface area contributed by atoms with Crippen LogP contribution in [0.1, 0.15) is 6.92 Å². The molecule has 0 aliphatic rings. The average molecular weight is 174 g/mol. The molecule has 5 heavy (non-hydrogen) atoms. The molecule has 0 fully saturated rings. The minimum atomic E-state index is 0.738. The van der Waals surface area contributed by atoms with Gasteiger partial charge in [-0.05, 0) is 0 Å². The molecular formula is C4H7Sn+3. The maximum absolute atomic E-state index is 3.58. The van der Waals surface area contributed by atoms with Gasteiger partial charge in [-0.3, -0.25) is 0 Å². The van der Waals surface area contributed by atoms with Crippen LogP contribution in [0.3, 0.4) is 0 Å². The van der Waals surface area contributed by atoms with Gasteiger partial charge in [-0.2, -0.15) is 0 Å². The van der Waals surface area contributed by atoms with E-state index in [1.807, 2.05) is 6.08 Å². The first kappa shape index (κ1) is 5.54. The first-order valence-electron chi connectivity index (χ1n) is 1.61. The maximum atomic E-state index is 3.58. The van der Waals surface area contributed by atoms with Crippen molar-refractivity contribution in [1.82, 2.24) is 0 Å². The molecule has 0 N–H and O–H groups in total. The van der Waals surface area contributed by atoms with Crippen LogP contribution >= 0.6 is 0 Å². The van der Waals surface area contributed by atoms with Gasteiger partial charge >= 0.3 is 46.0 Å². The van der Waals surface area contributed by atoms with Gasteiger partial charge in [-0.25, -0.2) is 0 Å². The Morgan fingerprint density at radius 3 is 2.20 bits per heavy atom. The van der Waals surface area contributed by atoms with Gasteiger partial charge in [0.25, 0.3) is 0 Å². The molecule has 0 spiro atoms.